The highest BCUT2D eigenvalue weighted by Gasteiger charge is 2.19. The summed E-state index contributed by atoms with van der Waals surface area (Å²) in [5.41, 5.74) is 5.08. The molecule has 0 aromatic carbocycles. The summed E-state index contributed by atoms with van der Waals surface area (Å²) in [6.45, 7) is 6.54. The fraction of sp³-hybridized carbons (Fsp3) is 0.227. The summed E-state index contributed by atoms with van der Waals surface area (Å²) < 4.78 is 10.2. The van der Waals surface area contributed by atoms with Gasteiger partial charge in [0.05, 0.1) is 29.9 Å². The van der Waals surface area contributed by atoms with Crippen molar-refractivity contribution in [3.63, 3.8) is 0 Å². The highest BCUT2D eigenvalue weighted by Crippen LogP contribution is 2.34. The van der Waals surface area contributed by atoms with Gasteiger partial charge in [0.15, 0.2) is 11.7 Å². The van der Waals surface area contributed by atoms with Crippen molar-refractivity contribution in [2.45, 2.75) is 27.2 Å². The predicted molar refractivity (Wildman–Crippen MR) is 108 cm³/mol. The van der Waals surface area contributed by atoms with Crippen molar-refractivity contribution in [1.29, 1.82) is 0 Å². The maximum Gasteiger partial charge on any atom is 0.195 e. The van der Waals surface area contributed by atoms with Crippen molar-refractivity contribution >= 4 is 11.2 Å². The van der Waals surface area contributed by atoms with Gasteiger partial charge < -0.3 is 8.82 Å². The molecule has 0 fully saturated rings. The summed E-state index contributed by atoms with van der Waals surface area (Å²) >= 11 is 0. The molecule has 5 heterocycles. The molecule has 0 unspecified atom stereocenters. The van der Waals surface area contributed by atoms with Crippen molar-refractivity contribution in [2.24, 2.45) is 5.41 Å². The molecule has 0 amide bonds. The highest BCUT2D eigenvalue weighted by atomic mass is 16.4. The van der Waals surface area contributed by atoms with Crippen molar-refractivity contribution in [2.75, 3.05) is 0 Å². The first kappa shape index (κ1) is 16.7. The molecule has 28 heavy (non-hydrogen) atoms. The third-order valence-electron chi connectivity index (χ3n) is 4.76. The van der Waals surface area contributed by atoms with Crippen molar-refractivity contribution in [3.8, 4) is 22.6 Å². The molecule has 0 aliphatic rings. The van der Waals surface area contributed by atoms with Crippen LogP contribution in [0.4, 0.5) is 0 Å². The maximum absolute atomic E-state index is 6.14. The number of aromatic nitrogens is 5. The molecule has 0 radical (unpaired) electrons. The van der Waals surface area contributed by atoms with Gasteiger partial charge in [-0.05, 0) is 29.7 Å². The first-order chi connectivity index (χ1) is 13.5. The van der Waals surface area contributed by atoms with Gasteiger partial charge in [0.25, 0.3) is 0 Å². The second-order valence-electron chi connectivity index (χ2n) is 8.25. The van der Waals surface area contributed by atoms with Gasteiger partial charge in [0, 0.05) is 36.1 Å². The normalized spacial score (nSPS) is 12.2. The van der Waals surface area contributed by atoms with E-state index >= 15 is 0 Å². The van der Waals surface area contributed by atoms with Crippen LogP contribution in [-0.4, -0.2) is 23.8 Å². The molecule has 0 saturated heterocycles. The Hall–Kier alpha value is -3.41. The Morgan fingerprint density at radius 2 is 1.93 bits per heavy atom. The van der Waals surface area contributed by atoms with E-state index in [-0.39, 0.29) is 5.41 Å². The predicted octanol–water partition coefficient (Wildman–Crippen LogP) is 4.89. The number of hydrogen-bond acceptors (Lipinski definition) is 4. The number of pyridine rings is 2. The molecule has 0 bridgehead atoms. The summed E-state index contributed by atoms with van der Waals surface area (Å²) in [5.74, 6) is 1.51. The number of fused-ring (bicyclic) bond motifs is 2. The summed E-state index contributed by atoms with van der Waals surface area (Å²) in [7, 11) is 0. The van der Waals surface area contributed by atoms with Gasteiger partial charge in [-0.15, -0.1) is 0 Å². The van der Waals surface area contributed by atoms with Gasteiger partial charge in [-0.3, -0.25) is 4.40 Å². The van der Waals surface area contributed by atoms with Crippen LogP contribution in [0.15, 0.2) is 66.0 Å². The summed E-state index contributed by atoms with van der Waals surface area (Å²) in [6.07, 6.45) is 12.0. The summed E-state index contributed by atoms with van der Waals surface area (Å²) in [6, 6.07) is 8.28. The van der Waals surface area contributed by atoms with Gasteiger partial charge in [0.2, 0.25) is 0 Å². The molecular formula is C22H21N5O. The molecule has 0 N–H and O–H groups in total. The third kappa shape index (κ3) is 2.87. The van der Waals surface area contributed by atoms with Crippen LogP contribution in [0.2, 0.25) is 0 Å². The zero-order valence-electron chi connectivity index (χ0n) is 16.1. The van der Waals surface area contributed by atoms with Gasteiger partial charge in [-0.2, -0.15) is 0 Å². The van der Waals surface area contributed by atoms with Crippen LogP contribution in [0.3, 0.4) is 0 Å². The smallest absolute Gasteiger partial charge is 0.195 e. The molecule has 0 aliphatic heterocycles. The van der Waals surface area contributed by atoms with Crippen molar-refractivity contribution in [1.82, 2.24) is 23.8 Å². The quantitative estimate of drug-likeness (QED) is 0.453. The fourth-order valence-electron chi connectivity index (χ4n) is 3.51. The molecule has 5 aromatic rings. The van der Waals surface area contributed by atoms with Crippen LogP contribution in [0.5, 0.6) is 0 Å². The lowest BCUT2D eigenvalue weighted by atomic mass is 9.92. The molecule has 0 saturated carbocycles. The van der Waals surface area contributed by atoms with Crippen LogP contribution >= 0.6 is 0 Å². The van der Waals surface area contributed by atoms with E-state index in [4.69, 9.17) is 4.42 Å². The van der Waals surface area contributed by atoms with Crippen LogP contribution in [-0.2, 0) is 6.42 Å². The van der Waals surface area contributed by atoms with Crippen LogP contribution in [0.25, 0.3) is 33.7 Å². The minimum atomic E-state index is 0.116. The molecule has 0 aliphatic carbocycles. The van der Waals surface area contributed by atoms with Crippen molar-refractivity contribution in [3.05, 3.63) is 67.5 Å². The van der Waals surface area contributed by atoms with E-state index in [2.05, 4.69) is 58.3 Å². The van der Waals surface area contributed by atoms with Crippen LogP contribution < -0.4 is 0 Å². The number of nitrogens with zero attached hydrogens (tertiary/aromatic N) is 5. The Kier molecular flexibility index (Phi) is 3.62. The Morgan fingerprint density at radius 1 is 1.04 bits per heavy atom. The number of imidazole rings is 2. The second kappa shape index (κ2) is 6.05. The Morgan fingerprint density at radius 3 is 2.79 bits per heavy atom. The molecule has 0 spiro atoms. The van der Waals surface area contributed by atoms with E-state index in [0.29, 0.717) is 0 Å². The average Bonchev–Trinajstić information content (AvgIpc) is 3.38. The average molecular weight is 371 g/mol. The Labute approximate surface area is 162 Å². The zero-order chi connectivity index (χ0) is 19.3. The lowest BCUT2D eigenvalue weighted by Gasteiger charge is -2.15. The van der Waals surface area contributed by atoms with E-state index in [1.165, 1.54) is 0 Å². The monoisotopic (exact) mass is 371 g/mol. The SMILES string of the molecule is CC(C)(C)Cc1ncc(-c2ccc3cncn3c2-c2ccn3ccnc3c2)o1. The molecular weight excluding hydrogens is 350 g/mol. The van der Waals surface area contributed by atoms with E-state index < -0.39 is 0 Å². The lowest BCUT2D eigenvalue weighted by molar-refractivity contribution is 0.357. The van der Waals surface area contributed by atoms with Crippen molar-refractivity contribution < 1.29 is 4.42 Å². The summed E-state index contributed by atoms with van der Waals surface area (Å²) in [4.78, 5) is 13.3. The van der Waals surface area contributed by atoms with E-state index in [1.807, 2.05) is 41.6 Å². The molecule has 5 aromatic heterocycles. The number of oxazole rings is 1. The van der Waals surface area contributed by atoms with Gasteiger partial charge >= 0.3 is 0 Å². The highest BCUT2D eigenvalue weighted by molar-refractivity contribution is 5.82. The zero-order valence-corrected chi connectivity index (χ0v) is 16.1. The van der Waals surface area contributed by atoms with Gasteiger partial charge in [0.1, 0.15) is 5.65 Å². The molecule has 140 valence electrons. The molecule has 6 nitrogen and oxygen atoms in total. The fourth-order valence-corrected chi connectivity index (χ4v) is 3.51. The first-order valence-corrected chi connectivity index (χ1v) is 9.31. The van der Waals surface area contributed by atoms with Crippen LogP contribution in [0.1, 0.15) is 26.7 Å². The van der Waals surface area contributed by atoms with Gasteiger partial charge in [-0.1, -0.05) is 20.8 Å². The molecule has 5 rings (SSSR count). The Balaban J connectivity index is 1.70. The van der Waals surface area contributed by atoms with Gasteiger partial charge in [-0.25, -0.2) is 15.0 Å². The third-order valence-corrected chi connectivity index (χ3v) is 4.76. The topological polar surface area (TPSA) is 60.6 Å². The van der Waals surface area contributed by atoms with E-state index in [1.54, 1.807) is 6.20 Å². The number of hydrogen-bond donors (Lipinski definition) is 0. The molecule has 6 heteroatoms. The van der Waals surface area contributed by atoms with Crippen LogP contribution in [0, 0.1) is 5.41 Å². The standard InChI is InChI=1S/C22H21N5O/c1-22(2,3)11-20-25-13-18(28-20)17-5-4-16-12-23-14-27(16)21(17)15-6-8-26-9-7-24-19(26)10-15/h4-10,12-14H,11H2,1-3H3. The second-order valence-corrected chi connectivity index (χ2v) is 8.25. The van der Waals surface area contributed by atoms with E-state index in [9.17, 15) is 0 Å². The largest absolute Gasteiger partial charge is 0.441 e. The molecule has 0 atom stereocenters. The number of rotatable bonds is 3. The summed E-state index contributed by atoms with van der Waals surface area (Å²) in [5, 5.41) is 0. The minimum Gasteiger partial charge on any atom is -0.441 e. The Bertz CT molecular complexity index is 1290. The first-order valence-electron chi connectivity index (χ1n) is 9.31. The minimum absolute atomic E-state index is 0.116. The lowest BCUT2D eigenvalue weighted by Crippen LogP contribution is -2.09. The van der Waals surface area contributed by atoms with E-state index in [0.717, 1.165) is 46.1 Å². The maximum atomic E-state index is 6.14.